The predicted molar refractivity (Wildman–Crippen MR) is 72.1 cm³/mol. The number of hydrogen-bond acceptors (Lipinski definition) is 4. The summed E-state index contributed by atoms with van der Waals surface area (Å²) in [6.45, 7) is 12.1. The van der Waals surface area contributed by atoms with Crippen molar-refractivity contribution in [2.75, 3.05) is 13.1 Å². The summed E-state index contributed by atoms with van der Waals surface area (Å²) in [6, 6.07) is 0.569. The minimum atomic E-state index is 0.174. The van der Waals surface area contributed by atoms with E-state index in [9.17, 15) is 0 Å². The quantitative estimate of drug-likeness (QED) is 0.871. The summed E-state index contributed by atoms with van der Waals surface area (Å²) < 4.78 is 1.77. The fourth-order valence-corrected chi connectivity index (χ4v) is 2.70. The highest BCUT2D eigenvalue weighted by atomic mass is 15.4. The van der Waals surface area contributed by atoms with Crippen LogP contribution >= 0.6 is 0 Å². The summed E-state index contributed by atoms with van der Waals surface area (Å²) in [5.41, 5.74) is 1.23. The Hall–Kier alpha value is -0.940. The second-order valence-electron chi connectivity index (χ2n) is 6.36. The molecule has 0 saturated carbocycles. The molecule has 0 aromatic carbocycles. The highest BCUT2D eigenvalue weighted by Gasteiger charge is 2.34. The molecule has 0 radical (unpaired) electrons. The molecule has 1 aliphatic heterocycles. The van der Waals surface area contributed by atoms with Crippen LogP contribution in [0.4, 0.5) is 0 Å². The summed E-state index contributed by atoms with van der Waals surface area (Å²) in [5, 5.41) is 11.8. The van der Waals surface area contributed by atoms with Crippen molar-refractivity contribution in [3.8, 4) is 0 Å². The van der Waals surface area contributed by atoms with Crippen LogP contribution in [0, 0.1) is 5.92 Å². The lowest BCUT2D eigenvalue weighted by molar-refractivity contribution is 0.0617. The summed E-state index contributed by atoms with van der Waals surface area (Å²) in [6.07, 6.45) is 2.01. The molecule has 18 heavy (non-hydrogen) atoms. The highest BCUT2D eigenvalue weighted by Crippen LogP contribution is 2.21. The standard InChI is InChI=1S/C13H25N5/c1-10(2)12-6-14-13(3,4)9-18(12)8-11-7-17(5)16-15-11/h7,10,12,14H,6,8-9H2,1-5H3. The molecule has 2 heterocycles. The SMILES string of the molecule is CC(C)C1CNC(C)(C)CN1Cc1cn(C)nn1. The van der Waals surface area contributed by atoms with E-state index < -0.39 is 0 Å². The molecule has 1 unspecified atom stereocenters. The average Bonchev–Trinajstić information content (AvgIpc) is 2.62. The largest absolute Gasteiger partial charge is 0.309 e. The van der Waals surface area contributed by atoms with Gasteiger partial charge in [-0.05, 0) is 19.8 Å². The summed E-state index contributed by atoms with van der Waals surface area (Å²) in [4.78, 5) is 2.53. The first-order chi connectivity index (χ1) is 8.37. The van der Waals surface area contributed by atoms with Crippen LogP contribution < -0.4 is 5.32 Å². The molecule has 5 nitrogen and oxygen atoms in total. The van der Waals surface area contributed by atoms with Gasteiger partial charge in [-0.1, -0.05) is 19.1 Å². The van der Waals surface area contributed by atoms with Crippen LogP contribution in [0.1, 0.15) is 33.4 Å². The number of aromatic nitrogens is 3. The van der Waals surface area contributed by atoms with Gasteiger partial charge >= 0.3 is 0 Å². The van der Waals surface area contributed by atoms with Crippen molar-refractivity contribution in [2.45, 2.75) is 45.8 Å². The van der Waals surface area contributed by atoms with Crippen molar-refractivity contribution in [3.05, 3.63) is 11.9 Å². The zero-order chi connectivity index (χ0) is 13.3. The molecule has 0 spiro atoms. The average molecular weight is 251 g/mol. The first-order valence-electron chi connectivity index (χ1n) is 6.72. The van der Waals surface area contributed by atoms with Gasteiger partial charge in [0.1, 0.15) is 0 Å². The minimum Gasteiger partial charge on any atom is -0.309 e. The monoisotopic (exact) mass is 251 g/mol. The Bertz CT molecular complexity index is 396. The van der Waals surface area contributed by atoms with E-state index in [1.54, 1.807) is 4.68 Å². The zero-order valence-electron chi connectivity index (χ0n) is 12.1. The summed E-state index contributed by atoms with van der Waals surface area (Å²) in [7, 11) is 1.91. The second kappa shape index (κ2) is 4.97. The van der Waals surface area contributed by atoms with Crippen LogP contribution in [0.5, 0.6) is 0 Å². The molecule has 0 amide bonds. The van der Waals surface area contributed by atoms with Gasteiger partial charge in [0, 0.05) is 44.5 Å². The van der Waals surface area contributed by atoms with Crippen LogP contribution in [-0.2, 0) is 13.6 Å². The van der Waals surface area contributed by atoms with Crippen molar-refractivity contribution in [3.63, 3.8) is 0 Å². The van der Waals surface area contributed by atoms with Crippen LogP contribution in [0.2, 0.25) is 0 Å². The Kier molecular flexibility index (Phi) is 3.73. The van der Waals surface area contributed by atoms with Gasteiger partial charge in [-0.3, -0.25) is 9.58 Å². The molecule has 0 bridgehead atoms. The number of piperazine rings is 1. The first-order valence-corrected chi connectivity index (χ1v) is 6.72. The third-order valence-corrected chi connectivity index (χ3v) is 3.64. The van der Waals surface area contributed by atoms with Gasteiger partial charge in [0.15, 0.2) is 0 Å². The van der Waals surface area contributed by atoms with E-state index >= 15 is 0 Å². The van der Waals surface area contributed by atoms with Crippen molar-refractivity contribution in [1.29, 1.82) is 0 Å². The third kappa shape index (κ3) is 3.09. The van der Waals surface area contributed by atoms with Gasteiger partial charge in [0.05, 0.1) is 5.69 Å². The molecular formula is C13H25N5. The molecule has 1 aromatic heterocycles. The lowest BCUT2D eigenvalue weighted by atomic mass is 9.93. The highest BCUT2D eigenvalue weighted by molar-refractivity contribution is 4.98. The van der Waals surface area contributed by atoms with Crippen LogP contribution in [0.3, 0.4) is 0 Å². The number of nitrogens with zero attached hydrogens (tertiary/aromatic N) is 4. The number of nitrogens with one attached hydrogen (secondary N) is 1. The molecule has 1 aliphatic rings. The van der Waals surface area contributed by atoms with E-state index in [4.69, 9.17) is 0 Å². The normalized spacial score (nSPS) is 24.7. The summed E-state index contributed by atoms with van der Waals surface area (Å²) in [5.74, 6) is 0.644. The maximum Gasteiger partial charge on any atom is 0.0967 e. The van der Waals surface area contributed by atoms with Crippen molar-refractivity contribution >= 4 is 0 Å². The van der Waals surface area contributed by atoms with Gasteiger partial charge in [-0.25, -0.2) is 0 Å². The Morgan fingerprint density at radius 3 is 2.78 bits per heavy atom. The molecule has 1 atom stereocenters. The van der Waals surface area contributed by atoms with E-state index in [1.807, 2.05) is 13.2 Å². The fraction of sp³-hybridized carbons (Fsp3) is 0.846. The minimum absolute atomic E-state index is 0.174. The molecule has 102 valence electrons. The van der Waals surface area contributed by atoms with Gasteiger partial charge in [0.2, 0.25) is 0 Å². The van der Waals surface area contributed by atoms with Gasteiger partial charge in [-0.15, -0.1) is 5.10 Å². The number of rotatable bonds is 3. The van der Waals surface area contributed by atoms with Crippen molar-refractivity contribution < 1.29 is 0 Å². The molecule has 0 aliphatic carbocycles. The van der Waals surface area contributed by atoms with E-state index in [2.05, 4.69) is 48.2 Å². The fourth-order valence-electron chi connectivity index (χ4n) is 2.70. The Morgan fingerprint density at radius 1 is 1.50 bits per heavy atom. The van der Waals surface area contributed by atoms with E-state index in [1.165, 1.54) is 0 Å². The van der Waals surface area contributed by atoms with Gasteiger partial charge in [-0.2, -0.15) is 0 Å². The molecule has 1 N–H and O–H groups in total. The molecule has 1 fully saturated rings. The van der Waals surface area contributed by atoms with Gasteiger partial charge < -0.3 is 5.32 Å². The molecule has 1 aromatic rings. The molecule has 5 heteroatoms. The predicted octanol–water partition coefficient (Wildman–Crippen LogP) is 1.02. The number of hydrogen-bond donors (Lipinski definition) is 1. The van der Waals surface area contributed by atoms with E-state index in [0.717, 1.165) is 25.3 Å². The first kappa shape index (κ1) is 13.5. The Labute approximate surface area is 110 Å². The van der Waals surface area contributed by atoms with Crippen LogP contribution in [-0.4, -0.2) is 44.6 Å². The van der Waals surface area contributed by atoms with E-state index in [0.29, 0.717) is 12.0 Å². The van der Waals surface area contributed by atoms with Crippen LogP contribution in [0.25, 0.3) is 0 Å². The van der Waals surface area contributed by atoms with Gasteiger partial charge in [0.25, 0.3) is 0 Å². The Morgan fingerprint density at radius 2 is 2.22 bits per heavy atom. The van der Waals surface area contributed by atoms with Crippen LogP contribution in [0.15, 0.2) is 6.20 Å². The zero-order valence-corrected chi connectivity index (χ0v) is 12.1. The number of aryl methyl sites for hydroxylation is 1. The molecule has 1 saturated heterocycles. The lowest BCUT2D eigenvalue weighted by Crippen LogP contribution is -2.62. The lowest BCUT2D eigenvalue weighted by Gasteiger charge is -2.46. The maximum atomic E-state index is 4.20. The third-order valence-electron chi connectivity index (χ3n) is 3.64. The van der Waals surface area contributed by atoms with Crippen molar-refractivity contribution in [1.82, 2.24) is 25.2 Å². The Balaban J connectivity index is 2.10. The smallest absolute Gasteiger partial charge is 0.0967 e. The topological polar surface area (TPSA) is 46.0 Å². The molecule has 2 rings (SSSR count). The second-order valence-corrected chi connectivity index (χ2v) is 6.36. The van der Waals surface area contributed by atoms with E-state index in [-0.39, 0.29) is 5.54 Å². The molecular weight excluding hydrogens is 226 g/mol. The summed E-state index contributed by atoms with van der Waals surface area (Å²) >= 11 is 0. The maximum absolute atomic E-state index is 4.20. The van der Waals surface area contributed by atoms with Crippen molar-refractivity contribution in [2.24, 2.45) is 13.0 Å².